The molecule has 0 aromatic carbocycles. The third-order valence-corrected chi connectivity index (χ3v) is 15.6. The summed E-state index contributed by atoms with van der Waals surface area (Å²) in [5.74, 6) is -0.939. The second-order valence-corrected chi connectivity index (χ2v) is 23.8. The Morgan fingerprint density at radius 3 is 0.795 bits per heavy atom. The van der Waals surface area contributed by atoms with E-state index in [2.05, 4.69) is 118 Å². The first-order valence-corrected chi connectivity index (χ1v) is 35.7. The molecule has 0 radical (unpaired) electrons. The molecule has 0 amide bonds. The second kappa shape index (κ2) is 70.8. The van der Waals surface area contributed by atoms with E-state index < -0.39 is 6.10 Å². The predicted octanol–water partition coefficient (Wildman–Crippen LogP) is 24.8. The molecule has 0 aromatic rings. The zero-order chi connectivity index (χ0) is 59.9. The lowest BCUT2D eigenvalue weighted by atomic mass is 10.0. The van der Waals surface area contributed by atoms with Gasteiger partial charge in [0.1, 0.15) is 13.2 Å². The molecule has 0 aliphatic rings. The molecule has 6 heteroatoms. The molecule has 0 rings (SSSR count). The van der Waals surface area contributed by atoms with Gasteiger partial charge in [-0.15, -0.1) is 0 Å². The topological polar surface area (TPSA) is 78.9 Å². The van der Waals surface area contributed by atoms with E-state index in [1.807, 2.05) is 0 Å². The molecule has 1 unspecified atom stereocenters. The molecule has 6 nitrogen and oxygen atoms in total. The molecule has 0 aromatic heterocycles. The molecule has 0 spiro atoms. The van der Waals surface area contributed by atoms with Crippen molar-refractivity contribution in [1.29, 1.82) is 0 Å². The van der Waals surface area contributed by atoms with Gasteiger partial charge >= 0.3 is 17.9 Å². The molecule has 0 aliphatic heterocycles. The highest BCUT2D eigenvalue weighted by Gasteiger charge is 2.19. The number of rotatable bonds is 65. The van der Waals surface area contributed by atoms with Gasteiger partial charge < -0.3 is 14.2 Å². The molecule has 83 heavy (non-hydrogen) atoms. The van der Waals surface area contributed by atoms with E-state index in [9.17, 15) is 14.4 Å². The fourth-order valence-electron chi connectivity index (χ4n) is 10.3. The first-order valence-electron chi connectivity index (χ1n) is 35.7. The van der Waals surface area contributed by atoms with Crippen LogP contribution in [0, 0.1) is 0 Å². The molecular formula is C77H134O6. The monoisotopic (exact) mass is 1160 g/mol. The van der Waals surface area contributed by atoms with Gasteiger partial charge in [0.2, 0.25) is 0 Å². The summed E-state index contributed by atoms with van der Waals surface area (Å²) < 4.78 is 17.0. The summed E-state index contributed by atoms with van der Waals surface area (Å²) in [4.78, 5) is 38.5. The Hall–Kier alpha value is -3.67. The minimum Gasteiger partial charge on any atom is -0.462 e. The normalized spacial score (nSPS) is 12.7. The number of esters is 3. The minimum absolute atomic E-state index is 0.0937. The van der Waals surface area contributed by atoms with Crippen molar-refractivity contribution >= 4 is 17.9 Å². The highest BCUT2D eigenvalue weighted by atomic mass is 16.6. The molecule has 478 valence electrons. The number of carbonyl (C=O) groups excluding carboxylic acids is 3. The summed E-state index contributed by atoms with van der Waals surface area (Å²) in [7, 11) is 0. The van der Waals surface area contributed by atoms with Crippen LogP contribution in [0.3, 0.4) is 0 Å². The van der Waals surface area contributed by atoms with Crippen LogP contribution < -0.4 is 0 Å². The van der Waals surface area contributed by atoms with Crippen molar-refractivity contribution in [3.63, 3.8) is 0 Å². The summed E-state index contributed by atoms with van der Waals surface area (Å²) in [6.45, 7) is 6.53. The van der Waals surface area contributed by atoms with Crippen LogP contribution >= 0.6 is 0 Å². The average molecular weight is 1160 g/mol. The van der Waals surface area contributed by atoms with Crippen molar-refractivity contribution in [2.45, 2.75) is 361 Å². The summed E-state index contributed by atoms with van der Waals surface area (Å²) in [5.41, 5.74) is 0. The lowest BCUT2D eigenvalue weighted by molar-refractivity contribution is -0.167. The zero-order valence-corrected chi connectivity index (χ0v) is 54.9. The maximum absolute atomic E-state index is 13.0. The van der Waals surface area contributed by atoms with E-state index in [0.717, 1.165) is 89.9 Å². The number of allylic oxidation sites excluding steroid dienone is 16. The molecule has 0 aliphatic carbocycles. The van der Waals surface area contributed by atoms with E-state index in [4.69, 9.17) is 14.2 Å². The standard InChI is InChI=1S/C77H134O6/c1-4-7-10-13-16-19-22-25-28-31-34-36-38-40-43-46-49-52-55-58-61-64-67-70-76(79)82-73-74(72-81-75(78)69-66-63-60-57-54-51-48-45-42-33-30-27-24-21-18-15-12-9-6-3)83-77(80)71-68-65-62-59-56-53-50-47-44-41-39-37-35-32-29-26-23-20-17-14-11-8-5-2/h7,10,16,19,25,27-28,30,34,36,40,43,49,52,58,61,74H,4-6,8-9,11-15,17-18,20-24,26,29,31-33,35,37-39,41-42,44-48,50-51,53-57,59-60,62-73H2,1-3H3/b10-7-,19-16-,28-25-,30-27-,36-34-,43-40-,52-49-,61-58-. The van der Waals surface area contributed by atoms with Gasteiger partial charge in [0.15, 0.2) is 6.10 Å². The Morgan fingerprint density at radius 1 is 0.253 bits per heavy atom. The Balaban J connectivity index is 4.44. The van der Waals surface area contributed by atoms with Crippen molar-refractivity contribution in [1.82, 2.24) is 0 Å². The lowest BCUT2D eigenvalue weighted by Gasteiger charge is -2.18. The zero-order valence-electron chi connectivity index (χ0n) is 54.9. The molecular weight excluding hydrogens is 1020 g/mol. The molecule has 0 saturated carbocycles. The Morgan fingerprint density at radius 2 is 0.482 bits per heavy atom. The third kappa shape index (κ3) is 69.0. The fourth-order valence-corrected chi connectivity index (χ4v) is 10.3. The van der Waals surface area contributed by atoms with E-state index in [0.29, 0.717) is 19.3 Å². The van der Waals surface area contributed by atoms with Crippen molar-refractivity contribution < 1.29 is 28.6 Å². The van der Waals surface area contributed by atoms with Crippen LogP contribution in [0.2, 0.25) is 0 Å². The smallest absolute Gasteiger partial charge is 0.306 e. The molecule has 1 atom stereocenters. The Kier molecular flexibility index (Phi) is 67.7. The van der Waals surface area contributed by atoms with Crippen molar-refractivity contribution in [3.05, 3.63) is 97.2 Å². The van der Waals surface area contributed by atoms with Gasteiger partial charge in [-0.2, -0.15) is 0 Å². The highest BCUT2D eigenvalue weighted by Crippen LogP contribution is 2.18. The van der Waals surface area contributed by atoms with Gasteiger partial charge in [0.25, 0.3) is 0 Å². The Bertz CT molecular complexity index is 1610. The fraction of sp³-hybridized carbons (Fsp3) is 0.753. The van der Waals surface area contributed by atoms with Crippen LogP contribution in [0.1, 0.15) is 355 Å². The van der Waals surface area contributed by atoms with Crippen LogP contribution in [0.15, 0.2) is 97.2 Å². The lowest BCUT2D eigenvalue weighted by Crippen LogP contribution is -2.30. The van der Waals surface area contributed by atoms with Gasteiger partial charge in [-0.05, 0) is 96.3 Å². The highest BCUT2D eigenvalue weighted by molar-refractivity contribution is 5.71. The molecule has 0 heterocycles. The maximum Gasteiger partial charge on any atom is 0.306 e. The average Bonchev–Trinajstić information content (AvgIpc) is 3.49. The quantitative estimate of drug-likeness (QED) is 0.0261. The van der Waals surface area contributed by atoms with Crippen molar-refractivity contribution in [2.75, 3.05) is 13.2 Å². The second-order valence-electron chi connectivity index (χ2n) is 23.8. The summed E-state index contributed by atoms with van der Waals surface area (Å²) in [6.07, 6.45) is 95.8. The first kappa shape index (κ1) is 79.3. The SMILES string of the molecule is CC/C=C\C/C=C\C/C=C\C/C=C\C/C=C\C/C=C\C/C=C\CCCC(=O)OCC(COC(=O)CCCCCCCCCCC/C=C\CCCCCCCC)OC(=O)CCCCCCCCCCCCCCCCCCCCCCCCC. The summed E-state index contributed by atoms with van der Waals surface area (Å²) >= 11 is 0. The number of hydrogen-bond donors (Lipinski definition) is 0. The number of carbonyl (C=O) groups is 3. The maximum atomic E-state index is 13.0. The van der Waals surface area contributed by atoms with Gasteiger partial charge in [-0.25, -0.2) is 0 Å². The molecule has 0 saturated heterocycles. The number of unbranched alkanes of at least 4 members (excludes halogenated alkanes) is 38. The van der Waals surface area contributed by atoms with Crippen molar-refractivity contribution in [2.24, 2.45) is 0 Å². The van der Waals surface area contributed by atoms with E-state index in [1.165, 1.54) is 218 Å². The van der Waals surface area contributed by atoms with Gasteiger partial charge in [-0.3, -0.25) is 14.4 Å². The largest absolute Gasteiger partial charge is 0.462 e. The first-order chi connectivity index (χ1) is 41.0. The Labute approximate surface area is 515 Å². The van der Waals surface area contributed by atoms with Crippen LogP contribution in [-0.4, -0.2) is 37.2 Å². The van der Waals surface area contributed by atoms with Gasteiger partial charge in [-0.1, -0.05) is 336 Å². The summed E-state index contributed by atoms with van der Waals surface area (Å²) in [6, 6.07) is 0. The van der Waals surface area contributed by atoms with Crippen LogP contribution in [0.25, 0.3) is 0 Å². The van der Waals surface area contributed by atoms with Crippen molar-refractivity contribution in [3.8, 4) is 0 Å². The van der Waals surface area contributed by atoms with E-state index in [1.54, 1.807) is 0 Å². The molecule has 0 N–H and O–H groups in total. The van der Waals surface area contributed by atoms with E-state index >= 15 is 0 Å². The number of ether oxygens (including phenoxy) is 3. The third-order valence-electron chi connectivity index (χ3n) is 15.6. The van der Waals surface area contributed by atoms with Crippen LogP contribution in [-0.2, 0) is 28.6 Å². The number of hydrogen-bond acceptors (Lipinski definition) is 6. The van der Waals surface area contributed by atoms with Crippen LogP contribution in [0.4, 0.5) is 0 Å². The molecule has 0 bridgehead atoms. The van der Waals surface area contributed by atoms with Crippen LogP contribution in [0.5, 0.6) is 0 Å². The molecule has 0 fully saturated rings. The summed E-state index contributed by atoms with van der Waals surface area (Å²) in [5, 5.41) is 0. The minimum atomic E-state index is -0.803. The van der Waals surface area contributed by atoms with Gasteiger partial charge in [0.05, 0.1) is 0 Å². The predicted molar refractivity (Wildman–Crippen MR) is 362 cm³/mol. The van der Waals surface area contributed by atoms with E-state index in [-0.39, 0.29) is 37.5 Å². The van der Waals surface area contributed by atoms with Gasteiger partial charge in [0, 0.05) is 19.3 Å².